The number of nitrogens with one attached hydrogen (secondary N) is 1. The molecule has 0 aliphatic heterocycles. The van der Waals surface area contributed by atoms with Gasteiger partial charge in [-0.05, 0) is 39.7 Å². The van der Waals surface area contributed by atoms with Crippen molar-refractivity contribution < 1.29 is 8.42 Å². The first-order valence-electron chi connectivity index (χ1n) is 6.39. The summed E-state index contributed by atoms with van der Waals surface area (Å²) in [6.07, 6.45) is 2.36. The Kier molecular flexibility index (Phi) is 5.15. The molecule has 114 valence electrons. The molecule has 3 N–H and O–H groups in total. The molecule has 0 saturated carbocycles. The molecule has 0 fully saturated rings. The summed E-state index contributed by atoms with van der Waals surface area (Å²) in [5, 5.41) is 4.20. The fourth-order valence-electron chi connectivity index (χ4n) is 1.87. The van der Waals surface area contributed by atoms with Crippen LogP contribution in [-0.4, -0.2) is 24.7 Å². The number of nitrogens with zero attached hydrogens (tertiary/aromatic N) is 2. The van der Waals surface area contributed by atoms with E-state index < -0.39 is 10.0 Å². The van der Waals surface area contributed by atoms with Crippen LogP contribution in [0.15, 0.2) is 39.8 Å². The first-order chi connectivity index (χ1) is 9.92. The Balaban J connectivity index is 2.07. The van der Waals surface area contributed by atoms with Crippen LogP contribution in [0, 0.1) is 0 Å². The van der Waals surface area contributed by atoms with Gasteiger partial charge in [0.05, 0.1) is 10.6 Å². The van der Waals surface area contributed by atoms with Gasteiger partial charge in [0.2, 0.25) is 10.0 Å². The van der Waals surface area contributed by atoms with Gasteiger partial charge in [-0.3, -0.25) is 4.68 Å². The van der Waals surface area contributed by atoms with Crippen molar-refractivity contribution in [2.75, 3.05) is 6.54 Å². The number of halogens is 1. The van der Waals surface area contributed by atoms with E-state index in [0.29, 0.717) is 24.0 Å². The van der Waals surface area contributed by atoms with E-state index in [1.54, 1.807) is 22.9 Å². The zero-order valence-corrected chi connectivity index (χ0v) is 14.0. The van der Waals surface area contributed by atoms with Crippen LogP contribution in [0.4, 0.5) is 0 Å². The Morgan fingerprint density at radius 1 is 1.38 bits per heavy atom. The number of rotatable bonds is 6. The zero-order chi connectivity index (χ0) is 15.5. The Bertz CT molecular complexity index is 728. The molecule has 8 heteroatoms. The second kappa shape index (κ2) is 6.69. The maximum atomic E-state index is 12.3. The SMILES string of the molecule is Cn1ccc(CCNS(=O)(=O)c2cc(CN)ccc2Br)n1. The van der Waals surface area contributed by atoms with Crippen LogP contribution >= 0.6 is 15.9 Å². The normalized spacial score (nSPS) is 11.8. The summed E-state index contributed by atoms with van der Waals surface area (Å²) in [5.41, 5.74) is 7.16. The summed E-state index contributed by atoms with van der Waals surface area (Å²) in [6.45, 7) is 0.586. The van der Waals surface area contributed by atoms with Crippen LogP contribution in [0.5, 0.6) is 0 Å². The molecule has 0 aliphatic carbocycles. The number of nitrogens with two attached hydrogens (primary N) is 1. The van der Waals surface area contributed by atoms with Crippen LogP contribution in [0.1, 0.15) is 11.3 Å². The largest absolute Gasteiger partial charge is 0.326 e. The number of aromatic nitrogens is 2. The van der Waals surface area contributed by atoms with E-state index in [1.807, 2.05) is 19.3 Å². The topological polar surface area (TPSA) is 90.0 Å². The molecule has 0 aliphatic rings. The number of hydrogen-bond donors (Lipinski definition) is 2. The summed E-state index contributed by atoms with van der Waals surface area (Å²) >= 11 is 3.26. The van der Waals surface area contributed by atoms with Gasteiger partial charge >= 0.3 is 0 Å². The van der Waals surface area contributed by atoms with Crippen LogP contribution in [0.2, 0.25) is 0 Å². The summed E-state index contributed by atoms with van der Waals surface area (Å²) < 4.78 is 29.4. The van der Waals surface area contributed by atoms with E-state index in [4.69, 9.17) is 5.73 Å². The highest BCUT2D eigenvalue weighted by atomic mass is 79.9. The third-order valence-corrected chi connectivity index (χ3v) is 5.42. The van der Waals surface area contributed by atoms with Crippen LogP contribution in [0.3, 0.4) is 0 Å². The van der Waals surface area contributed by atoms with Crippen molar-refractivity contribution >= 4 is 26.0 Å². The molecule has 0 amide bonds. The first kappa shape index (κ1) is 16.2. The Hall–Kier alpha value is -1.22. The molecule has 2 rings (SSSR count). The van der Waals surface area contributed by atoms with E-state index >= 15 is 0 Å². The van der Waals surface area contributed by atoms with Gasteiger partial charge < -0.3 is 5.73 Å². The second-order valence-electron chi connectivity index (χ2n) is 4.60. The molecule has 0 bridgehead atoms. The molecule has 6 nitrogen and oxygen atoms in total. The zero-order valence-electron chi connectivity index (χ0n) is 11.6. The van der Waals surface area contributed by atoms with Crippen molar-refractivity contribution in [1.29, 1.82) is 0 Å². The first-order valence-corrected chi connectivity index (χ1v) is 8.66. The van der Waals surface area contributed by atoms with Gasteiger partial charge in [-0.1, -0.05) is 6.07 Å². The number of benzene rings is 1. The molecule has 1 aromatic heterocycles. The number of hydrogen-bond acceptors (Lipinski definition) is 4. The quantitative estimate of drug-likeness (QED) is 0.795. The smallest absolute Gasteiger partial charge is 0.241 e. The van der Waals surface area contributed by atoms with Crippen molar-refractivity contribution in [2.45, 2.75) is 17.9 Å². The van der Waals surface area contributed by atoms with Gasteiger partial charge in [0, 0.05) is 37.2 Å². The standard InChI is InChI=1S/C13H17BrN4O2S/c1-18-7-5-11(17-18)4-6-16-21(19,20)13-8-10(9-15)2-3-12(13)14/h2-3,5,7-8,16H,4,6,9,15H2,1H3. The molecule has 0 unspecified atom stereocenters. The minimum Gasteiger partial charge on any atom is -0.326 e. The maximum absolute atomic E-state index is 12.3. The molecule has 0 atom stereocenters. The minimum atomic E-state index is -3.57. The van der Waals surface area contributed by atoms with Gasteiger partial charge in [-0.25, -0.2) is 13.1 Å². The van der Waals surface area contributed by atoms with E-state index in [0.717, 1.165) is 11.3 Å². The highest BCUT2D eigenvalue weighted by molar-refractivity contribution is 9.10. The molecule has 0 spiro atoms. The molecule has 2 aromatic rings. The van der Waals surface area contributed by atoms with Gasteiger partial charge in [0.15, 0.2) is 0 Å². The number of aryl methyl sites for hydroxylation is 1. The van der Waals surface area contributed by atoms with Crippen molar-refractivity contribution in [3.63, 3.8) is 0 Å². The lowest BCUT2D eigenvalue weighted by Gasteiger charge is -2.09. The highest BCUT2D eigenvalue weighted by Crippen LogP contribution is 2.23. The number of sulfonamides is 1. The fourth-order valence-corrected chi connectivity index (χ4v) is 3.91. The van der Waals surface area contributed by atoms with Gasteiger partial charge in [0.25, 0.3) is 0 Å². The molecular weight excluding hydrogens is 356 g/mol. The summed E-state index contributed by atoms with van der Waals surface area (Å²) in [6, 6.07) is 6.92. The summed E-state index contributed by atoms with van der Waals surface area (Å²) in [5.74, 6) is 0. The van der Waals surface area contributed by atoms with Crippen molar-refractivity contribution in [3.8, 4) is 0 Å². The highest BCUT2D eigenvalue weighted by Gasteiger charge is 2.17. The van der Waals surface area contributed by atoms with E-state index in [2.05, 4.69) is 25.8 Å². The van der Waals surface area contributed by atoms with Crippen LogP contribution < -0.4 is 10.5 Å². The van der Waals surface area contributed by atoms with Gasteiger partial charge in [0.1, 0.15) is 0 Å². The molecular formula is C13H17BrN4O2S. The van der Waals surface area contributed by atoms with Crippen molar-refractivity contribution in [3.05, 3.63) is 46.2 Å². The van der Waals surface area contributed by atoms with Gasteiger partial charge in [-0.15, -0.1) is 0 Å². The second-order valence-corrected chi connectivity index (χ2v) is 7.19. The average molecular weight is 373 g/mol. The van der Waals surface area contributed by atoms with E-state index in [9.17, 15) is 8.42 Å². The lowest BCUT2D eigenvalue weighted by Crippen LogP contribution is -2.26. The molecule has 1 heterocycles. The van der Waals surface area contributed by atoms with Crippen LogP contribution in [-0.2, 0) is 30.0 Å². The molecule has 1 aromatic carbocycles. The third-order valence-electron chi connectivity index (χ3n) is 2.96. The Labute approximate surface area is 132 Å². The Morgan fingerprint density at radius 2 is 2.14 bits per heavy atom. The summed E-state index contributed by atoms with van der Waals surface area (Å²) in [4.78, 5) is 0.200. The Morgan fingerprint density at radius 3 is 2.76 bits per heavy atom. The molecule has 0 saturated heterocycles. The molecule has 0 radical (unpaired) electrons. The summed E-state index contributed by atoms with van der Waals surface area (Å²) in [7, 11) is -1.75. The van der Waals surface area contributed by atoms with E-state index in [-0.39, 0.29) is 4.90 Å². The lowest BCUT2D eigenvalue weighted by molar-refractivity contribution is 0.580. The van der Waals surface area contributed by atoms with Crippen molar-refractivity contribution in [2.24, 2.45) is 12.8 Å². The monoisotopic (exact) mass is 372 g/mol. The maximum Gasteiger partial charge on any atom is 0.241 e. The minimum absolute atomic E-state index is 0.200. The average Bonchev–Trinajstić information content (AvgIpc) is 2.84. The third kappa shape index (κ3) is 4.13. The molecule has 21 heavy (non-hydrogen) atoms. The predicted molar refractivity (Wildman–Crippen MR) is 84.1 cm³/mol. The van der Waals surface area contributed by atoms with Crippen molar-refractivity contribution in [1.82, 2.24) is 14.5 Å². The van der Waals surface area contributed by atoms with E-state index in [1.165, 1.54) is 0 Å². The lowest BCUT2D eigenvalue weighted by atomic mass is 10.2. The van der Waals surface area contributed by atoms with Crippen LogP contribution in [0.25, 0.3) is 0 Å². The fraction of sp³-hybridized carbons (Fsp3) is 0.308. The van der Waals surface area contributed by atoms with Gasteiger partial charge in [-0.2, -0.15) is 5.10 Å². The predicted octanol–water partition coefficient (Wildman–Crippen LogP) is 1.16.